The highest BCUT2D eigenvalue weighted by Crippen LogP contribution is 2.43. The smallest absolute Gasteiger partial charge is 0.472 e. The summed E-state index contributed by atoms with van der Waals surface area (Å²) < 4.78 is 39.9. The molecule has 1 aromatic carbocycles. The summed E-state index contributed by atoms with van der Waals surface area (Å²) in [7, 11) is 1.42. The second-order valence-corrected chi connectivity index (χ2v) is 17.0. The Morgan fingerprint density at radius 2 is 1.24 bits per heavy atom. The van der Waals surface area contributed by atoms with E-state index < -0.39 is 26.5 Å². The van der Waals surface area contributed by atoms with Gasteiger partial charge in [0.2, 0.25) is 0 Å². The van der Waals surface area contributed by atoms with Crippen LogP contribution in [0.2, 0.25) is 0 Å². The number of nitrogen functional groups attached to an aromatic ring is 1. The number of rotatable bonds is 36. The average molecular weight is 788 g/mol. The molecule has 54 heavy (non-hydrogen) atoms. The number of hydrogen-bond donors (Lipinski definition) is 3. The molecule has 314 valence electrons. The van der Waals surface area contributed by atoms with Crippen LogP contribution >= 0.6 is 7.82 Å². The van der Waals surface area contributed by atoms with Crippen molar-refractivity contribution in [3.05, 3.63) is 23.8 Å². The third-order valence-electron chi connectivity index (χ3n) is 9.18. The third kappa shape index (κ3) is 30.1. The molecule has 0 heterocycles. The maximum absolute atomic E-state index is 12.7. The molecule has 12 nitrogen and oxygen atoms in total. The number of quaternary nitrogens is 1. The zero-order valence-corrected chi connectivity index (χ0v) is 35.1. The molecular weight excluding hydrogens is 711 g/mol. The van der Waals surface area contributed by atoms with Crippen LogP contribution in [-0.4, -0.2) is 86.6 Å². The fourth-order valence-corrected chi connectivity index (χ4v) is 6.55. The largest absolute Gasteiger partial charge is 0.508 e. The molecule has 1 unspecified atom stereocenters. The van der Waals surface area contributed by atoms with Crippen LogP contribution in [0.4, 0.5) is 5.69 Å². The first-order valence-corrected chi connectivity index (χ1v) is 22.2. The summed E-state index contributed by atoms with van der Waals surface area (Å²) in [6.07, 6.45) is 21.6. The number of nitrogens with two attached hydrogens (primary N) is 1. The molecule has 0 spiro atoms. The van der Waals surface area contributed by atoms with Crippen molar-refractivity contribution in [2.75, 3.05) is 59.8 Å². The molecule has 13 heteroatoms. The van der Waals surface area contributed by atoms with Crippen molar-refractivity contribution in [2.45, 2.75) is 161 Å². The number of nitrogens with zero attached hydrogens (tertiary/aromatic N) is 1. The van der Waals surface area contributed by atoms with Crippen molar-refractivity contribution in [1.82, 2.24) is 0 Å². The third-order valence-corrected chi connectivity index (χ3v) is 10.2. The molecular formula is C41H76N2O10P+. The van der Waals surface area contributed by atoms with Gasteiger partial charge in [-0.25, -0.2) is 4.57 Å². The van der Waals surface area contributed by atoms with E-state index >= 15 is 0 Å². The molecule has 0 bridgehead atoms. The van der Waals surface area contributed by atoms with E-state index in [0.717, 1.165) is 70.6 Å². The Kier molecular flexibility index (Phi) is 28.5. The highest BCUT2D eigenvalue weighted by molar-refractivity contribution is 7.47. The zero-order valence-electron chi connectivity index (χ0n) is 34.2. The SMILES string of the molecule is CCCCCCCCCCCCCC(=O)OC[C@@H](COP(=O)(O)OCC[N+](C)(C)C)OC(=O)CCCCCCCCCCCOCc1cc(N)ccc1O. The molecule has 1 aromatic rings. The lowest BCUT2D eigenvalue weighted by Gasteiger charge is -2.24. The first kappa shape index (κ1) is 49.8. The minimum Gasteiger partial charge on any atom is -0.508 e. The number of carbonyl (C=O) groups excluding carboxylic acids is 2. The van der Waals surface area contributed by atoms with Gasteiger partial charge in [0.05, 0.1) is 34.4 Å². The number of likely N-dealkylation sites (N-methyl/N-ethyl adjacent to an activating group) is 1. The quantitative estimate of drug-likeness (QED) is 0.0148. The number of phosphoric ester groups is 1. The molecule has 0 fully saturated rings. The van der Waals surface area contributed by atoms with Crippen molar-refractivity contribution in [3.8, 4) is 5.75 Å². The summed E-state index contributed by atoms with van der Waals surface area (Å²) >= 11 is 0. The van der Waals surface area contributed by atoms with Gasteiger partial charge in [-0.2, -0.15) is 0 Å². The van der Waals surface area contributed by atoms with Crippen LogP contribution in [0.3, 0.4) is 0 Å². The van der Waals surface area contributed by atoms with Crippen molar-refractivity contribution < 1.29 is 51.9 Å². The monoisotopic (exact) mass is 788 g/mol. The van der Waals surface area contributed by atoms with E-state index in [4.69, 9.17) is 29.0 Å². The summed E-state index contributed by atoms with van der Waals surface area (Å²) in [5, 5.41) is 9.86. The van der Waals surface area contributed by atoms with Crippen LogP contribution in [0.15, 0.2) is 18.2 Å². The first-order valence-electron chi connectivity index (χ1n) is 20.7. The Hall–Kier alpha value is -2.21. The van der Waals surface area contributed by atoms with Crippen LogP contribution in [0.5, 0.6) is 5.75 Å². The summed E-state index contributed by atoms with van der Waals surface area (Å²) in [6, 6.07) is 4.97. The second-order valence-electron chi connectivity index (χ2n) is 15.6. The van der Waals surface area contributed by atoms with Crippen LogP contribution in [-0.2, 0) is 44.0 Å². The Labute approximate surface area is 327 Å². The molecule has 4 N–H and O–H groups in total. The maximum atomic E-state index is 12.7. The van der Waals surface area contributed by atoms with E-state index in [0.29, 0.717) is 41.9 Å². The standard InChI is InChI=1S/C41H75N2O10P/c1-5-6-7-8-9-10-11-13-16-19-22-25-40(45)50-34-38(35-52-54(47,48)51-31-29-43(2,3)4)53-41(46)26-23-20-17-14-12-15-18-21-24-30-49-33-36-32-37(42)27-28-39(36)44/h27-28,32,38H,5-26,29-31,33-35,42H2,1-4H3,(H-,44,47,48)/p+1/t38-/m0/s1. The molecule has 0 radical (unpaired) electrons. The Bertz CT molecular complexity index is 1160. The van der Waals surface area contributed by atoms with E-state index in [1.165, 1.54) is 51.4 Å². The van der Waals surface area contributed by atoms with Crippen molar-refractivity contribution in [3.63, 3.8) is 0 Å². The molecule has 0 aliphatic carbocycles. The fourth-order valence-electron chi connectivity index (χ4n) is 5.81. The van der Waals surface area contributed by atoms with Gasteiger partial charge in [0.1, 0.15) is 25.5 Å². The highest BCUT2D eigenvalue weighted by Gasteiger charge is 2.27. The first-order chi connectivity index (χ1) is 25.8. The zero-order chi connectivity index (χ0) is 39.9. The number of benzene rings is 1. The average Bonchev–Trinajstić information content (AvgIpc) is 3.11. The molecule has 0 amide bonds. The molecule has 0 saturated heterocycles. The summed E-state index contributed by atoms with van der Waals surface area (Å²) in [5.41, 5.74) is 7.07. The number of phenolic OH excluding ortho intramolecular Hbond substituents is 1. The lowest BCUT2D eigenvalue weighted by molar-refractivity contribution is -0.870. The van der Waals surface area contributed by atoms with Gasteiger partial charge in [-0.3, -0.25) is 18.6 Å². The lowest BCUT2D eigenvalue weighted by atomic mass is 10.1. The molecule has 0 aliphatic rings. The van der Waals surface area contributed by atoms with Gasteiger partial charge in [0.25, 0.3) is 0 Å². The number of hydrogen-bond acceptors (Lipinski definition) is 10. The molecule has 0 aromatic heterocycles. The lowest BCUT2D eigenvalue weighted by Crippen LogP contribution is -2.37. The van der Waals surface area contributed by atoms with Crippen LogP contribution in [0.25, 0.3) is 0 Å². The fraction of sp³-hybridized carbons (Fsp3) is 0.805. The van der Waals surface area contributed by atoms with Gasteiger partial charge < -0.3 is 34.4 Å². The highest BCUT2D eigenvalue weighted by atomic mass is 31.2. The summed E-state index contributed by atoms with van der Waals surface area (Å²) in [6.45, 7) is 3.06. The summed E-state index contributed by atoms with van der Waals surface area (Å²) in [4.78, 5) is 35.3. The van der Waals surface area contributed by atoms with Crippen molar-refractivity contribution in [1.29, 1.82) is 0 Å². The number of anilines is 1. The number of unbranched alkanes of at least 4 members (excludes halogenated alkanes) is 18. The molecule has 0 saturated carbocycles. The second kappa shape index (κ2) is 30.9. The molecule has 2 atom stereocenters. The molecule has 1 rings (SSSR count). The summed E-state index contributed by atoms with van der Waals surface area (Å²) in [5.74, 6) is -0.649. The number of ether oxygens (including phenoxy) is 3. The number of carbonyl (C=O) groups is 2. The van der Waals surface area contributed by atoms with Crippen LogP contribution in [0, 0.1) is 0 Å². The Balaban J connectivity index is 2.28. The van der Waals surface area contributed by atoms with Gasteiger partial charge in [-0.05, 0) is 37.5 Å². The van der Waals surface area contributed by atoms with Gasteiger partial charge in [-0.1, -0.05) is 116 Å². The van der Waals surface area contributed by atoms with Gasteiger partial charge >= 0.3 is 19.8 Å². The minimum atomic E-state index is -4.39. The number of aromatic hydroxyl groups is 1. The van der Waals surface area contributed by atoms with E-state index in [-0.39, 0.29) is 37.8 Å². The van der Waals surface area contributed by atoms with Gasteiger partial charge in [0, 0.05) is 30.7 Å². The van der Waals surface area contributed by atoms with Gasteiger partial charge in [0.15, 0.2) is 6.10 Å². The van der Waals surface area contributed by atoms with E-state index in [1.807, 2.05) is 21.1 Å². The Morgan fingerprint density at radius 3 is 1.80 bits per heavy atom. The normalized spacial score (nSPS) is 13.4. The van der Waals surface area contributed by atoms with Gasteiger partial charge in [-0.15, -0.1) is 0 Å². The van der Waals surface area contributed by atoms with E-state index in [1.54, 1.807) is 18.2 Å². The Morgan fingerprint density at radius 1 is 0.722 bits per heavy atom. The predicted molar refractivity (Wildman–Crippen MR) is 215 cm³/mol. The van der Waals surface area contributed by atoms with Crippen molar-refractivity contribution in [2.24, 2.45) is 0 Å². The van der Waals surface area contributed by atoms with Crippen LogP contribution < -0.4 is 5.73 Å². The van der Waals surface area contributed by atoms with Crippen molar-refractivity contribution >= 4 is 25.4 Å². The maximum Gasteiger partial charge on any atom is 0.472 e. The van der Waals surface area contributed by atoms with E-state index in [2.05, 4.69) is 6.92 Å². The predicted octanol–water partition coefficient (Wildman–Crippen LogP) is 9.39. The molecule has 0 aliphatic heterocycles. The van der Waals surface area contributed by atoms with E-state index in [9.17, 15) is 24.2 Å². The number of phosphoric acid groups is 1. The van der Waals surface area contributed by atoms with Crippen LogP contribution in [0.1, 0.15) is 154 Å². The minimum absolute atomic E-state index is 0.0170. The number of esters is 2. The topological polar surface area (TPSA) is 164 Å². The number of phenols is 1.